The van der Waals surface area contributed by atoms with Gasteiger partial charge in [0.1, 0.15) is 17.0 Å². The molecule has 1 amide bonds. The van der Waals surface area contributed by atoms with Crippen LogP contribution in [0.2, 0.25) is 0 Å². The van der Waals surface area contributed by atoms with Crippen LogP contribution < -0.4 is 5.32 Å². The number of imidazole rings is 1. The number of nitrogens with zero attached hydrogens (tertiary/aromatic N) is 7. The summed E-state index contributed by atoms with van der Waals surface area (Å²) in [5.74, 6) is -1.08. The number of piperidine rings is 1. The molecule has 0 aromatic carbocycles. The molecule has 11 nitrogen and oxygen atoms in total. The average molecular weight is 446 g/mol. The van der Waals surface area contributed by atoms with E-state index >= 15 is 0 Å². The molecule has 1 aliphatic rings. The minimum atomic E-state index is -0.833. The molecular weight excluding hydrogens is 424 g/mol. The lowest BCUT2D eigenvalue weighted by atomic mass is 10.0. The number of carboxylic acid groups (broad SMARTS) is 1. The quantitative estimate of drug-likeness (QED) is 0.453. The molecule has 0 atom stereocenters. The molecule has 0 radical (unpaired) electrons. The summed E-state index contributed by atoms with van der Waals surface area (Å²) < 4.78 is 3.55. The zero-order valence-electron chi connectivity index (χ0n) is 17.7. The Bertz CT molecular complexity index is 1290. The summed E-state index contributed by atoms with van der Waals surface area (Å²) in [4.78, 5) is 33.9. The first-order valence-corrected chi connectivity index (χ1v) is 10.6. The first kappa shape index (κ1) is 20.8. The minimum absolute atomic E-state index is 0.00720. The highest BCUT2D eigenvalue weighted by atomic mass is 16.4. The maximum Gasteiger partial charge on any atom is 0.317 e. The Hall–Kier alpha value is -4.12. The van der Waals surface area contributed by atoms with Crippen LogP contribution in [0.3, 0.4) is 0 Å². The number of rotatable bonds is 6. The number of aliphatic carboxylic acids is 1. The SMILES string of the molecule is O=C(O)CN1CCC(NC(=O)c2ccc(-n3cc(-c4cccc5nccn45)nn3)cn2)CC1. The van der Waals surface area contributed by atoms with Crippen molar-refractivity contribution < 1.29 is 14.7 Å². The molecule has 33 heavy (non-hydrogen) atoms. The van der Waals surface area contributed by atoms with Crippen LogP contribution in [0.1, 0.15) is 23.3 Å². The summed E-state index contributed by atoms with van der Waals surface area (Å²) in [7, 11) is 0. The molecular formula is C22H22N8O3. The number of aromatic nitrogens is 6. The second-order valence-electron chi connectivity index (χ2n) is 7.93. The van der Waals surface area contributed by atoms with Gasteiger partial charge < -0.3 is 10.4 Å². The van der Waals surface area contributed by atoms with Crippen LogP contribution in [0.5, 0.6) is 0 Å². The number of amides is 1. The van der Waals surface area contributed by atoms with Gasteiger partial charge in [0, 0.05) is 31.5 Å². The van der Waals surface area contributed by atoms with Gasteiger partial charge in [0.05, 0.1) is 30.3 Å². The van der Waals surface area contributed by atoms with Crippen molar-refractivity contribution in [3.8, 4) is 17.1 Å². The lowest BCUT2D eigenvalue weighted by Gasteiger charge is -2.31. The molecule has 5 rings (SSSR count). The van der Waals surface area contributed by atoms with E-state index in [0.29, 0.717) is 43.0 Å². The van der Waals surface area contributed by atoms with Crippen molar-refractivity contribution in [2.24, 2.45) is 0 Å². The van der Waals surface area contributed by atoms with Crippen molar-refractivity contribution in [2.45, 2.75) is 18.9 Å². The van der Waals surface area contributed by atoms with Gasteiger partial charge in [-0.15, -0.1) is 5.10 Å². The fourth-order valence-corrected chi connectivity index (χ4v) is 4.01. The first-order chi connectivity index (χ1) is 16.1. The van der Waals surface area contributed by atoms with Gasteiger partial charge in [-0.1, -0.05) is 11.3 Å². The van der Waals surface area contributed by atoms with Crippen molar-refractivity contribution in [2.75, 3.05) is 19.6 Å². The molecule has 0 aliphatic carbocycles. The van der Waals surface area contributed by atoms with Gasteiger partial charge in [-0.05, 0) is 37.1 Å². The maximum atomic E-state index is 12.6. The van der Waals surface area contributed by atoms with E-state index in [1.165, 1.54) is 0 Å². The highest BCUT2D eigenvalue weighted by molar-refractivity contribution is 5.92. The molecule has 1 aliphatic heterocycles. The van der Waals surface area contributed by atoms with Gasteiger partial charge in [0.25, 0.3) is 5.91 Å². The molecule has 5 heterocycles. The molecule has 0 spiro atoms. The first-order valence-electron chi connectivity index (χ1n) is 10.6. The van der Waals surface area contributed by atoms with E-state index in [0.717, 1.165) is 11.3 Å². The standard InChI is InChI=1S/C22H22N8O3/c31-21(32)14-28-9-6-15(7-10-28)25-22(33)17-5-4-16(12-24-17)30-13-18(26-27-30)19-2-1-3-20-23-8-11-29(19)20/h1-5,8,11-13,15H,6-7,9-10,14H2,(H,25,33)(H,31,32). The van der Waals surface area contributed by atoms with E-state index in [-0.39, 0.29) is 18.5 Å². The number of pyridine rings is 2. The van der Waals surface area contributed by atoms with Gasteiger partial charge in [-0.2, -0.15) is 0 Å². The molecule has 4 aromatic heterocycles. The fraction of sp³-hybridized carbons (Fsp3) is 0.273. The second-order valence-corrected chi connectivity index (χ2v) is 7.93. The second kappa shape index (κ2) is 8.79. The van der Waals surface area contributed by atoms with Crippen LogP contribution in [0.25, 0.3) is 22.7 Å². The Labute approximate surface area is 188 Å². The third kappa shape index (κ3) is 4.44. The van der Waals surface area contributed by atoms with E-state index < -0.39 is 5.97 Å². The highest BCUT2D eigenvalue weighted by Gasteiger charge is 2.22. The maximum absolute atomic E-state index is 12.6. The Kier molecular flexibility index (Phi) is 5.53. The summed E-state index contributed by atoms with van der Waals surface area (Å²) >= 11 is 0. The Morgan fingerprint density at radius 1 is 1.12 bits per heavy atom. The normalized spacial score (nSPS) is 15.0. The summed E-state index contributed by atoms with van der Waals surface area (Å²) in [5, 5.41) is 20.3. The van der Waals surface area contributed by atoms with Gasteiger partial charge in [-0.3, -0.25) is 18.9 Å². The molecule has 4 aromatic rings. The monoisotopic (exact) mass is 446 g/mol. The average Bonchev–Trinajstić information content (AvgIpc) is 3.50. The van der Waals surface area contributed by atoms with Crippen LogP contribution in [-0.2, 0) is 4.79 Å². The Morgan fingerprint density at radius 2 is 1.97 bits per heavy atom. The van der Waals surface area contributed by atoms with E-state index in [1.54, 1.807) is 35.4 Å². The number of carbonyl (C=O) groups excluding carboxylic acids is 1. The van der Waals surface area contributed by atoms with E-state index in [9.17, 15) is 9.59 Å². The Morgan fingerprint density at radius 3 is 2.73 bits per heavy atom. The third-order valence-electron chi connectivity index (χ3n) is 5.71. The number of carboxylic acids is 1. The molecule has 0 unspecified atom stereocenters. The number of hydrogen-bond donors (Lipinski definition) is 2. The predicted molar refractivity (Wildman–Crippen MR) is 118 cm³/mol. The topological polar surface area (TPSA) is 131 Å². The summed E-state index contributed by atoms with van der Waals surface area (Å²) in [5.41, 5.74) is 3.39. The molecule has 11 heteroatoms. The zero-order valence-corrected chi connectivity index (χ0v) is 17.7. The molecule has 1 saturated heterocycles. The largest absolute Gasteiger partial charge is 0.480 e. The number of carbonyl (C=O) groups is 2. The summed E-state index contributed by atoms with van der Waals surface area (Å²) in [6, 6.07) is 9.21. The van der Waals surface area contributed by atoms with Crippen LogP contribution in [0.4, 0.5) is 0 Å². The van der Waals surface area contributed by atoms with Gasteiger partial charge in [0.2, 0.25) is 0 Å². The smallest absolute Gasteiger partial charge is 0.317 e. The van der Waals surface area contributed by atoms with Crippen molar-refractivity contribution in [1.29, 1.82) is 0 Å². The molecule has 0 saturated carbocycles. The number of nitrogens with one attached hydrogen (secondary N) is 1. The summed E-state index contributed by atoms with van der Waals surface area (Å²) in [6.45, 7) is 1.32. The predicted octanol–water partition coefficient (Wildman–Crippen LogP) is 1.26. The van der Waals surface area contributed by atoms with Crippen molar-refractivity contribution in [1.82, 2.24) is 39.6 Å². The lowest BCUT2D eigenvalue weighted by Crippen LogP contribution is -2.46. The molecule has 0 bridgehead atoms. The molecule has 168 valence electrons. The van der Waals surface area contributed by atoms with E-state index in [4.69, 9.17) is 5.11 Å². The van der Waals surface area contributed by atoms with Gasteiger partial charge >= 0.3 is 5.97 Å². The number of fused-ring (bicyclic) bond motifs is 1. The van der Waals surface area contributed by atoms with Gasteiger partial charge in [0.15, 0.2) is 0 Å². The number of likely N-dealkylation sites (tertiary alicyclic amines) is 1. The molecule has 1 fully saturated rings. The fourth-order valence-electron chi connectivity index (χ4n) is 4.01. The van der Waals surface area contributed by atoms with E-state index in [1.807, 2.05) is 33.7 Å². The van der Waals surface area contributed by atoms with Crippen molar-refractivity contribution in [3.05, 3.63) is 60.8 Å². The summed E-state index contributed by atoms with van der Waals surface area (Å²) in [6.07, 6.45) is 8.41. The highest BCUT2D eigenvalue weighted by Crippen LogP contribution is 2.19. The third-order valence-corrected chi connectivity index (χ3v) is 5.71. The van der Waals surface area contributed by atoms with Gasteiger partial charge in [-0.25, -0.2) is 14.6 Å². The molecule has 2 N–H and O–H groups in total. The number of hydrogen-bond acceptors (Lipinski definition) is 7. The van der Waals surface area contributed by atoms with Crippen LogP contribution in [-0.4, -0.2) is 76.9 Å². The Balaban J connectivity index is 1.24. The van der Waals surface area contributed by atoms with Crippen molar-refractivity contribution >= 4 is 17.5 Å². The lowest BCUT2D eigenvalue weighted by molar-refractivity contribution is -0.138. The van der Waals surface area contributed by atoms with Crippen LogP contribution in [0, 0.1) is 0 Å². The minimum Gasteiger partial charge on any atom is -0.480 e. The van der Waals surface area contributed by atoms with E-state index in [2.05, 4.69) is 25.6 Å². The van der Waals surface area contributed by atoms with Crippen LogP contribution in [0.15, 0.2) is 55.1 Å². The zero-order chi connectivity index (χ0) is 22.8. The van der Waals surface area contributed by atoms with Crippen LogP contribution >= 0.6 is 0 Å². The van der Waals surface area contributed by atoms with Crippen molar-refractivity contribution in [3.63, 3.8) is 0 Å².